The molecule has 2 amide bonds. The number of para-hydroxylation sites is 2. The first kappa shape index (κ1) is 22.3. The van der Waals surface area contributed by atoms with Crippen LogP contribution in [0.5, 0.6) is 0 Å². The van der Waals surface area contributed by atoms with Crippen LogP contribution < -0.4 is 10.2 Å². The van der Waals surface area contributed by atoms with Gasteiger partial charge in [-0.2, -0.15) is 4.31 Å². The van der Waals surface area contributed by atoms with E-state index in [-0.39, 0.29) is 23.8 Å². The molecule has 1 aliphatic rings. The fraction of sp³-hybridized carbons (Fsp3) is 0.333. The van der Waals surface area contributed by atoms with E-state index in [1.54, 1.807) is 43.3 Å². The first-order valence-electron chi connectivity index (χ1n) is 9.56. The number of carbonyl (C=O) groups is 2. The predicted molar refractivity (Wildman–Crippen MR) is 117 cm³/mol. The van der Waals surface area contributed by atoms with Crippen molar-refractivity contribution in [2.45, 2.75) is 30.7 Å². The number of amides is 2. The molecule has 3 rings (SSSR count). The summed E-state index contributed by atoms with van der Waals surface area (Å²) < 4.78 is 26.9. The van der Waals surface area contributed by atoms with Gasteiger partial charge in [0.2, 0.25) is 21.8 Å². The fourth-order valence-corrected chi connectivity index (χ4v) is 4.78. The summed E-state index contributed by atoms with van der Waals surface area (Å²) in [5.41, 5.74) is 2.02. The third-order valence-corrected chi connectivity index (χ3v) is 7.01. The summed E-state index contributed by atoms with van der Waals surface area (Å²) in [6, 6.07) is 13.1. The van der Waals surface area contributed by atoms with Gasteiger partial charge in [0.15, 0.2) is 0 Å². The number of halogens is 1. The van der Waals surface area contributed by atoms with Gasteiger partial charge in [0, 0.05) is 25.4 Å². The molecular formula is C21H24ClN3O4S. The molecule has 0 saturated carbocycles. The number of anilines is 2. The fourth-order valence-electron chi connectivity index (χ4n) is 3.44. The van der Waals surface area contributed by atoms with Crippen LogP contribution in [-0.2, 0) is 26.0 Å². The Hall–Kier alpha value is -2.42. The minimum absolute atomic E-state index is 0.109. The molecule has 1 atom stereocenters. The molecule has 1 unspecified atom stereocenters. The van der Waals surface area contributed by atoms with Gasteiger partial charge in [0.05, 0.1) is 22.8 Å². The maximum absolute atomic E-state index is 13.1. The molecule has 1 N–H and O–H groups in total. The third kappa shape index (κ3) is 4.66. The van der Waals surface area contributed by atoms with Crippen LogP contribution in [0.4, 0.5) is 11.4 Å². The molecule has 0 bridgehead atoms. The van der Waals surface area contributed by atoms with Crippen LogP contribution in [0.3, 0.4) is 0 Å². The lowest BCUT2D eigenvalue weighted by molar-refractivity contribution is -0.119. The van der Waals surface area contributed by atoms with Gasteiger partial charge in [-0.3, -0.25) is 9.59 Å². The molecule has 30 heavy (non-hydrogen) atoms. The van der Waals surface area contributed by atoms with E-state index in [4.69, 9.17) is 11.6 Å². The normalized spacial score (nSPS) is 16.7. The van der Waals surface area contributed by atoms with Crippen LogP contribution in [0, 0.1) is 0 Å². The number of rotatable bonds is 6. The van der Waals surface area contributed by atoms with Crippen LogP contribution in [-0.4, -0.2) is 50.1 Å². The average molecular weight is 450 g/mol. The third-order valence-electron chi connectivity index (χ3n) is 5.00. The summed E-state index contributed by atoms with van der Waals surface area (Å²) in [4.78, 5) is 26.8. The molecule has 0 aromatic heterocycles. The van der Waals surface area contributed by atoms with Crippen molar-refractivity contribution in [2.24, 2.45) is 0 Å². The van der Waals surface area contributed by atoms with Gasteiger partial charge in [0.1, 0.15) is 0 Å². The molecule has 0 fully saturated rings. The van der Waals surface area contributed by atoms with Crippen molar-refractivity contribution in [1.82, 2.24) is 4.31 Å². The highest BCUT2D eigenvalue weighted by Gasteiger charge is 2.32. The zero-order chi connectivity index (χ0) is 21.9. The number of benzene rings is 2. The van der Waals surface area contributed by atoms with E-state index < -0.39 is 22.0 Å². The van der Waals surface area contributed by atoms with Crippen molar-refractivity contribution in [3.05, 3.63) is 54.1 Å². The summed E-state index contributed by atoms with van der Waals surface area (Å²) >= 11 is 5.72. The monoisotopic (exact) mass is 449 g/mol. The number of alkyl halides is 1. The molecule has 0 radical (unpaired) electrons. The second kappa shape index (κ2) is 9.16. The number of sulfonamides is 1. The van der Waals surface area contributed by atoms with Crippen molar-refractivity contribution in [2.75, 3.05) is 29.7 Å². The number of carbonyl (C=O) groups excluding carboxylic acids is 2. The molecule has 0 aliphatic carbocycles. The molecule has 1 aliphatic heterocycles. The van der Waals surface area contributed by atoms with Crippen LogP contribution in [0.25, 0.3) is 0 Å². The van der Waals surface area contributed by atoms with E-state index in [1.807, 2.05) is 0 Å². The summed E-state index contributed by atoms with van der Waals surface area (Å²) in [6.07, 6.45) is 0.772. The second-order valence-corrected chi connectivity index (χ2v) is 9.65. The maximum atomic E-state index is 13.1. The van der Waals surface area contributed by atoms with Crippen LogP contribution in [0.15, 0.2) is 53.4 Å². The Morgan fingerprint density at radius 1 is 1.20 bits per heavy atom. The highest BCUT2D eigenvalue weighted by molar-refractivity contribution is 7.89. The molecule has 0 saturated heterocycles. The van der Waals surface area contributed by atoms with E-state index in [0.717, 1.165) is 9.87 Å². The van der Waals surface area contributed by atoms with Crippen molar-refractivity contribution >= 4 is 44.8 Å². The Morgan fingerprint density at radius 3 is 2.53 bits per heavy atom. The number of nitrogens with one attached hydrogen (secondary N) is 1. The number of fused-ring (bicyclic) bond motifs is 1. The molecule has 7 nitrogen and oxygen atoms in total. The molecule has 1 heterocycles. The summed E-state index contributed by atoms with van der Waals surface area (Å²) in [7, 11) is -2.48. The molecule has 0 spiro atoms. The van der Waals surface area contributed by atoms with Gasteiger partial charge >= 0.3 is 0 Å². The van der Waals surface area contributed by atoms with Crippen LogP contribution in [0.2, 0.25) is 0 Å². The largest absolute Gasteiger partial charge is 0.324 e. The van der Waals surface area contributed by atoms with E-state index in [9.17, 15) is 18.0 Å². The molecule has 9 heteroatoms. The number of nitrogens with zero attached hydrogens (tertiary/aromatic N) is 2. The number of hydrogen-bond donors (Lipinski definition) is 1. The number of aryl methyl sites for hydroxylation is 1. The highest BCUT2D eigenvalue weighted by atomic mass is 35.5. The SMILES string of the molecule is CC1CC(=O)Nc2ccccc2N1C(=O)CN(C)S(=O)(=O)c1ccc(CCCl)cc1. The van der Waals surface area contributed by atoms with Crippen molar-refractivity contribution in [3.8, 4) is 0 Å². The number of likely N-dealkylation sites (N-methyl/N-ethyl adjacent to an activating group) is 1. The van der Waals surface area contributed by atoms with Gasteiger partial charge < -0.3 is 10.2 Å². The summed E-state index contributed by atoms with van der Waals surface area (Å²) in [5.74, 6) is -0.146. The van der Waals surface area contributed by atoms with Crippen LogP contribution >= 0.6 is 11.6 Å². The molecule has 2 aromatic rings. The van der Waals surface area contributed by atoms with E-state index >= 15 is 0 Å². The van der Waals surface area contributed by atoms with Gasteiger partial charge in [0.25, 0.3) is 0 Å². The summed E-state index contributed by atoms with van der Waals surface area (Å²) in [6.45, 7) is 1.42. The van der Waals surface area contributed by atoms with Gasteiger partial charge in [-0.1, -0.05) is 24.3 Å². The van der Waals surface area contributed by atoms with Gasteiger partial charge in [-0.25, -0.2) is 8.42 Å². The Morgan fingerprint density at radius 2 is 1.87 bits per heavy atom. The van der Waals surface area contributed by atoms with Crippen molar-refractivity contribution in [3.63, 3.8) is 0 Å². The Bertz CT molecular complexity index is 1040. The lowest BCUT2D eigenvalue weighted by Gasteiger charge is -2.29. The lowest BCUT2D eigenvalue weighted by Crippen LogP contribution is -2.45. The molecule has 160 valence electrons. The van der Waals surface area contributed by atoms with Gasteiger partial charge in [-0.05, 0) is 43.2 Å². The average Bonchev–Trinajstić information content (AvgIpc) is 2.82. The Kier molecular flexibility index (Phi) is 6.80. The van der Waals surface area contributed by atoms with E-state index in [0.29, 0.717) is 23.7 Å². The van der Waals surface area contributed by atoms with E-state index in [1.165, 1.54) is 24.1 Å². The summed E-state index contributed by atoms with van der Waals surface area (Å²) in [5, 5.41) is 2.79. The van der Waals surface area contributed by atoms with E-state index in [2.05, 4.69) is 5.32 Å². The standard InChI is InChI=1S/C21H24ClN3O4S/c1-15-13-20(26)23-18-5-3-4-6-19(18)25(15)21(27)14-24(2)30(28,29)17-9-7-16(8-10-17)11-12-22/h3-10,15H,11-14H2,1-2H3,(H,23,26). The van der Waals surface area contributed by atoms with Crippen molar-refractivity contribution < 1.29 is 18.0 Å². The Labute approximate surface area is 181 Å². The Balaban J connectivity index is 1.83. The van der Waals surface area contributed by atoms with Crippen LogP contribution in [0.1, 0.15) is 18.9 Å². The minimum Gasteiger partial charge on any atom is -0.324 e. The number of hydrogen-bond acceptors (Lipinski definition) is 4. The van der Waals surface area contributed by atoms with Gasteiger partial charge in [-0.15, -0.1) is 11.6 Å². The quantitative estimate of drug-likeness (QED) is 0.687. The first-order valence-corrected chi connectivity index (χ1v) is 11.5. The second-order valence-electron chi connectivity index (χ2n) is 7.23. The zero-order valence-corrected chi connectivity index (χ0v) is 18.4. The first-order chi connectivity index (χ1) is 14.2. The topological polar surface area (TPSA) is 86.8 Å². The smallest absolute Gasteiger partial charge is 0.243 e. The lowest BCUT2D eigenvalue weighted by atomic mass is 10.1. The zero-order valence-electron chi connectivity index (χ0n) is 16.8. The van der Waals surface area contributed by atoms with Crippen molar-refractivity contribution in [1.29, 1.82) is 0 Å². The minimum atomic E-state index is -3.85. The maximum Gasteiger partial charge on any atom is 0.243 e. The predicted octanol–water partition coefficient (Wildman–Crippen LogP) is 2.85. The highest BCUT2D eigenvalue weighted by Crippen LogP contribution is 2.31. The molecular weight excluding hydrogens is 426 g/mol. The molecule has 2 aromatic carbocycles.